The molecule has 0 radical (unpaired) electrons. The Hall–Kier alpha value is -0.870. The Bertz CT molecular complexity index is 389. The second-order valence-corrected chi connectivity index (χ2v) is 4.75. The highest BCUT2D eigenvalue weighted by molar-refractivity contribution is 8.12. The zero-order valence-electron chi connectivity index (χ0n) is 7.27. The number of carboxylic acid groups (broad SMARTS) is 1. The van der Waals surface area contributed by atoms with Crippen LogP contribution in [0.1, 0.15) is 6.42 Å². The standard InChI is InChI=1S/C10H8O2S2/c11-10(12)7-2-1-3-8-9(6-7)14-5-4-13-8/h1-2,4-6H,3H2,(H,11,12). The SMILES string of the molecule is O=C(O)C1=CC2=C(CC=C1)SC=CS2. The Labute approximate surface area is 90.5 Å². The predicted molar refractivity (Wildman–Crippen MR) is 60.8 cm³/mol. The van der Waals surface area contributed by atoms with Gasteiger partial charge in [-0.15, -0.1) is 11.8 Å². The van der Waals surface area contributed by atoms with E-state index in [0.29, 0.717) is 5.57 Å². The molecule has 1 N–H and O–H groups in total. The highest BCUT2D eigenvalue weighted by Crippen LogP contribution is 2.39. The predicted octanol–water partition coefficient (Wildman–Crippen LogP) is 3.12. The van der Waals surface area contributed by atoms with E-state index in [-0.39, 0.29) is 0 Å². The largest absolute Gasteiger partial charge is 0.478 e. The number of carboxylic acids is 1. The lowest BCUT2D eigenvalue weighted by Gasteiger charge is -2.09. The number of hydrogen-bond donors (Lipinski definition) is 1. The second kappa shape index (κ2) is 4.11. The lowest BCUT2D eigenvalue weighted by atomic mass is 10.2. The molecule has 4 heteroatoms. The maximum absolute atomic E-state index is 10.8. The summed E-state index contributed by atoms with van der Waals surface area (Å²) in [6.45, 7) is 0. The monoisotopic (exact) mass is 224 g/mol. The summed E-state index contributed by atoms with van der Waals surface area (Å²) in [7, 11) is 0. The summed E-state index contributed by atoms with van der Waals surface area (Å²) in [5, 5.41) is 12.9. The third-order valence-corrected chi connectivity index (χ3v) is 4.00. The molecular weight excluding hydrogens is 216 g/mol. The molecule has 2 aliphatic rings. The molecule has 1 aliphatic heterocycles. The lowest BCUT2D eigenvalue weighted by molar-refractivity contribution is -0.132. The first-order chi connectivity index (χ1) is 6.77. The van der Waals surface area contributed by atoms with Gasteiger partial charge in [0.1, 0.15) is 0 Å². The van der Waals surface area contributed by atoms with Gasteiger partial charge >= 0.3 is 5.97 Å². The first-order valence-corrected chi connectivity index (χ1v) is 5.86. The molecule has 1 aliphatic carbocycles. The van der Waals surface area contributed by atoms with Crippen molar-refractivity contribution in [3.8, 4) is 0 Å². The highest BCUT2D eigenvalue weighted by atomic mass is 32.2. The fourth-order valence-corrected chi connectivity index (χ4v) is 3.03. The summed E-state index contributed by atoms with van der Waals surface area (Å²) in [5.41, 5.74) is 0.360. The minimum absolute atomic E-state index is 0.360. The quantitative estimate of drug-likeness (QED) is 0.742. The van der Waals surface area contributed by atoms with Crippen molar-refractivity contribution >= 4 is 29.5 Å². The van der Waals surface area contributed by atoms with Crippen LogP contribution in [0.2, 0.25) is 0 Å². The third kappa shape index (κ3) is 1.96. The third-order valence-electron chi connectivity index (χ3n) is 1.87. The van der Waals surface area contributed by atoms with E-state index in [9.17, 15) is 4.79 Å². The van der Waals surface area contributed by atoms with Crippen LogP contribution in [0.25, 0.3) is 0 Å². The molecule has 0 amide bonds. The van der Waals surface area contributed by atoms with Crippen molar-refractivity contribution in [2.45, 2.75) is 6.42 Å². The summed E-state index contributed by atoms with van der Waals surface area (Å²) in [5.74, 6) is -0.866. The van der Waals surface area contributed by atoms with Gasteiger partial charge < -0.3 is 5.11 Å². The van der Waals surface area contributed by atoms with Gasteiger partial charge in [-0.2, -0.15) is 0 Å². The average molecular weight is 224 g/mol. The van der Waals surface area contributed by atoms with E-state index in [1.807, 2.05) is 16.9 Å². The van der Waals surface area contributed by atoms with E-state index in [1.54, 1.807) is 35.7 Å². The molecule has 14 heavy (non-hydrogen) atoms. The smallest absolute Gasteiger partial charge is 0.335 e. The normalized spacial score (nSPS) is 20.1. The molecule has 0 spiro atoms. The number of thioether (sulfide) groups is 2. The topological polar surface area (TPSA) is 37.3 Å². The van der Waals surface area contributed by atoms with Crippen molar-refractivity contribution in [1.29, 1.82) is 0 Å². The summed E-state index contributed by atoms with van der Waals surface area (Å²) < 4.78 is 0. The summed E-state index contributed by atoms with van der Waals surface area (Å²) >= 11 is 3.24. The van der Waals surface area contributed by atoms with Crippen molar-refractivity contribution in [1.82, 2.24) is 0 Å². The molecule has 0 fully saturated rings. The van der Waals surface area contributed by atoms with Gasteiger partial charge in [0.2, 0.25) is 0 Å². The number of carbonyl (C=O) groups is 1. The van der Waals surface area contributed by atoms with Crippen molar-refractivity contribution in [2.75, 3.05) is 0 Å². The molecule has 1 heterocycles. The van der Waals surface area contributed by atoms with E-state index in [1.165, 1.54) is 4.91 Å². The van der Waals surface area contributed by atoms with Crippen LogP contribution in [-0.4, -0.2) is 11.1 Å². The van der Waals surface area contributed by atoms with Gasteiger partial charge in [0.25, 0.3) is 0 Å². The molecule has 2 nitrogen and oxygen atoms in total. The first-order valence-electron chi connectivity index (χ1n) is 4.10. The van der Waals surface area contributed by atoms with Gasteiger partial charge in [-0.3, -0.25) is 0 Å². The molecule has 72 valence electrons. The van der Waals surface area contributed by atoms with Gasteiger partial charge in [-0.1, -0.05) is 23.9 Å². The van der Waals surface area contributed by atoms with Crippen LogP contribution < -0.4 is 0 Å². The fourth-order valence-electron chi connectivity index (χ4n) is 1.21. The number of allylic oxidation sites excluding steroid dienone is 3. The number of rotatable bonds is 1. The molecule has 0 saturated heterocycles. The second-order valence-electron chi connectivity index (χ2n) is 2.81. The van der Waals surface area contributed by atoms with Gasteiger partial charge in [-0.05, 0) is 23.3 Å². The van der Waals surface area contributed by atoms with Crippen molar-refractivity contribution in [3.63, 3.8) is 0 Å². The van der Waals surface area contributed by atoms with Crippen LogP contribution in [0.5, 0.6) is 0 Å². The number of hydrogen-bond acceptors (Lipinski definition) is 3. The zero-order chi connectivity index (χ0) is 9.97. The van der Waals surface area contributed by atoms with Crippen molar-refractivity contribution in [3.05, 3.63) is 44.4 Å². The minimum Gasteiger partial charge on any atom is -0.478 e. The van der Waals surface area contributed by atoms with Gasteiger partial charge in [-0.25, -0.2) is 4.79 Å². The van der Waals surface area contributed by atoms with Crippen LogP contribution in [0.15, 0.2) is 44.4 Å². The van der Waals surface area contributed by atoms with Gasteiger partial charge in [0, 0.05) is 9.81 Å². The number of aliphatic carboxylic acids is 1. The summed E-state index contributed by atoms with van der Waals surface area (Å²) in [6, 6.07) is 0. The van der Waals surface area contributed by atoms with Crippen molar-refractivity contribution < 1.29 is 9.90 Å². The molecular formula is C10H8O2S2. The van der Waals surface area contributed by atoms with Crippen molar-refractivity contribution in [2.24, 2.45) is 0 Å². The minimum atomic E-state index is -0.866. The van der Waals surface area contributed by atoms with Crippen LogP contribution in [0.3, 0.4) is 0 Å². The van der Waals surface area contributed by atoms with E-state index < -0.39 is 5.97 Å². The highest BCUT2D eigenvalue weighted by Gasteiger charge is 2.13. The van der Waals surface area contributed by atoms with Crippen LogP contribution in [0.4, 0.5) is 0 Å². The molecule has 0 aromatic heterocycles. The van der Waals surface area contributed by atoms with Crippen LogP contribution >= 0.6 is 23.5 Å². The Morgan fingerprint density at radius 2 is 2.14 bits per heavy atom. The molecule has 0 aromatic rings. The van der Waals surface area contributed by atoms with Gasteiger partial charge in [0.05, 0.1) is 5.57 Å². The van der Waals surface area contributed by atoms with E-state index in [0.717, 1.165) is 11.3 Å². The summed E-state index contributed by atoms with van der Waals surface area (Å²) in [6.07, 6.45) is 6.13. The van der Waals surface area contributed by atoms with E-state index in [2.05, 4.69) is 0 Å². The molecule has 0 unspecified atom stereocenters. The van der Waals surface area contributed by atoms with Crippen LogP contribution in [-0.2, 0) is 4.79 Å². The first kappa shape index (κ1) is 9.68. The Kier molecular flexibility index (Phi) is 2.84. The fraction of sp³-hybridized carbons (Fsp3) is 0.100. The van der Waals surface area contributed by atoms with Crippen LogP contribution in [0, 0.1) is 0 Å². The molecule has 2 rings (SSSR count). The Morgan fingerprint density at radius 1 is 1.36 bits per heavy atom. The van der Waals surface area contributed by atoms with E-state index in [4.69, 9.17) is 5.11 Å². The molecule has 0 aromatic carbocycles. The Morgan fingerprint density at radius 3 is 2.93 bits per heavy atom. The molecule has 0 bridgehead atoms. The maximum atomic E-state index is 10.8. The maximum Gasteiger partial charge on any atom is 0.335 e. The molecule has 0 saturated carbocycles. The molecule has 0 atom stereocenters. The average Bonchev–Trinajstić information content (AvgIpc) is 2.39. The van der Waals surface area contributed by atoms with Gasteiger partial charge in [0.15, 0.2) is 0 Å². The Balaban J connectivity index is 2.35. The zero-order valence-corrected chi connectivity index (χ0v) is 8.90. The summed E-state index contributed by atoms with van der Waals surface area (Å²) in [4.78, 5) is 13.1. The van der Waals surface area contributed by atoms with E-state index >= 15 is 0 Å². The lowest BCUT2D eigenvalue weighted by Crippen LogP contribution is -1.97.